The molecule has 0 saturated carbocycles. The third kappa shape index (κ3) is 5.88. The van der Waals surface area contributed by atoms with Gasteiger partial charge in [-0.1, -0.05) is 45.2 Å². The van der Waals surface area contributed by atoms with Crippen molar-refractivity contribution in [1.82, 2.24) is 5.32 Å². The molecule has 0 heterocycles. The van der Waals surface area contributed by atoms with Crippen molar-refractivity contribution in [3.05, 3.63) is 28.8 Å². The highest BCUT2D eigenvalue weighted by Gasteiger charge is 2.14. The van der Waals surface area contributed by atoms with Gasteiger partial charge < -0.3 is 10.2 Å². The van der Waals surface area contributed by atoms with Crippen LogP contribution >= 0.6 is 11.6 Å². The Labute approximate surface area is 135 Å². The van der Waals surface area contributed by atoms with Crippen molar-refractivity contribution in [2.24, 2.45) is 5.92 Å². The molecule has 0 fully saturated rings. The number of nitrogens with one attached hydrogen (secondary N) is 1. The van der Waals surface area contributed by atoms with Gasteiger partial charge in [0.15, 0.2) is 0 Å². The fourth-order valence-electron chi connectivity index (χ4n) is 2.66. The number of rotatable bonds is 10. The van der Waals surface area contributed by atoms with E-state index in [1.807, 2.05) is 6.07 Å². The van der Waals surface area contributed by atoms with Crippen LogP contribution in [0, 0.1) is 5.92 Å². The Kier molecular flexibility index (Phi) is 8.79. The molecular weight excluding hydrogens is 280 g/mol. The minimum atomic E-state index is 0.761. The van der Waals surface area contributed by atoms with Gasteiger partial charge in [-0.05, 0) is 49.6 Å². The van der Waals surface area contributed by atoms with Gasteiger partial charge in [0.05, 0.1) is 0 Å². The first-order chi connectivity index (χ1) is 10.2. The van der Waals surface area contributed by atoms with Gasteiger partial charge in [-0.3, -0.25) is 0 Å². The summed E-state index contributed by atoms with van der Waals surface area (Å²) in [6.45, 7) is 13.1. The second-order valence-electron chi connectivity index (χ2n) is 5.67. The van der Waals surface area contributed by atoms with Crippen LogP contribution in [0.1, 0.15) is 52.5 Å². The predicted octanol–water partition coefficient (Wildman–Crippen LogP) is 5.10. The van der Waals surface area contributed by atoms with E-state index >= 15 is 0 Å². The van der Waals surface area contributed by atoms with E-state index in [1.165, 1.54) is 24.1 Å². The van der Waals surface area contributed by atoms with Crippen molar-refractivity contribution in [3.63, 3.8) is 0 Å². The molecule has 120 valence electrons. The van der Waals surface area contributed by atoms with Gasteiger partial charge in [0, 0.05) is 30.3 Å². The number of anilines is 1. The molecule has 0 unspecified atom stereocenters. The SMILES string of the molecule is CCCNCc1cc(Cl)ccc1N(CC)CC(CC)CC. The van der Waals surface area contributed by atoms with Crippen molar-refractivity contribution >= 4 is 17.3 Å². The first-order valence-corrected chi connectivity index (χ1v) is 8.77. The van der Waals surface area contributed by atoms with Crippen molar-refractivity contribution in [2.45, 2.75) is 53.5 Å². The Balaban J connectivity index is 2.90. The first-order valence-electron chi connectivity index (χ1n) is 8.40. The molecule has 21 heavy (non-hydrogen) atoms. The maximum absolute atomic E-state index is 6.19. The summed E-state index contributed by atoms with van der Waals surface area (Å²) in [6.07, 6.45) is 3.63. The van der Waals surface area contributed by atoms with Gasteiger partial charge in [-0.15, -0.1) is 0 Å². The molecule has 0 aliphatic heterocycles. The highest BCUT2D eigenvalue weighted by molar-refractivity contribution is 6.30. The molecule has 0 atom stereocenters. The molecule has 0 radical (unpaired) electrons. The molecular formula is C18H31ClN2. The van der Waals surface area contributed by atoms with Crippen LogP contribution in [0.4, 0.5) is 5.69 Å². The lowest BCUT2D eigenvalue weighted by Crippen LogP contribution is -2.30. The van der Waals surface area contributed by atoms with E-state index in [4.69, 9.17) is 11.6 Å². The van der Waals surface area contributed by atoms with Crippen LogP contribution in [-0.4, -0.2) is 19.6 Å². The molecule has 0 bridgehead atoms. The number of hydrogen-bond acceptors (Lipinski definition) is 2. The fourth-order valence-corrected chi connectivity index (χ4v) is 2.86. The van der Waals surface area contributed by atoms with Gasteiger partial charge in [-0.2, -0.15) is 0 Å². The van der Waals surface area contributed by atoms with Crippen LogP contribution in [0.5, 0.6) is 0 Å². The molecule has 1 aromatic carbocycles. The number of benzene rings is 1. The molecule has 0 aromatic heterocycles. The summed E-state index contributed by atoms with van der Waals surface area (Å²) in [5.74, 6) is 0.761. The van der Waals surface area contributed by atoms with E-state index in [2.05, 4.69) is 50.0 Å². The average molecular weight is 311 g/mol. The van der Waals surface area contributed by atoms with Gasteiger partial charge in [0.2, 0.25) is 0 Å². The highest BCUT2D eigenvalue weighted by atomic mass is 35.5. The molecule has 0 aliphatic carbocycles. The van der Waals surface area contributed by atoms with E-state index in [0.717, 1.165) is 43.5 Å². The van der Waals surface area contributed by atoms with Gasteiger partial charge >= 0.3 is 0 Å². The van der Waals surface area contributed by atoms with Crippen LogP contribution in [0.3, 0.4) is 0 Å². The summed E-state index contributed by atoms with van der Waals surface area (Å²) >= 11 is 6.19. The third-order valence-electron chi connectivity index (χ3n) is 4.14. The minimum absolute atomic E-state index is 0.761. The summed E-state index contributed by atoms with van der Waals surface area (Å²) in [6, 6.07) is 6.29. The predicted molar refractivity (Wildman–Crippen MR) is 95.4 cm³/mol. The molecule has 0 spiro atoms. The molecule has 0 amide bonds. The lowest BCUT2D eigenvalue weighted by Gasteiger charge is -2.29. The van der Waals surface area contributed by atoms with Crippen molar-refractivity contribution in [1.29, 1.82) is 0 Å². The number of hydrogen-bond donors (Lipinski definition) is 1. The van der Waals surface area contributed by atoms with E-state index < -0.39 is 0 Å². The monoisotopic (exact) mass is 310 g/mol. The summed E-state index contributed by atoms with van der Waals surface area (Å²) in [4.78, 5) is 2.50. The summed E-state index contributed by atoms with van der Waals surface area (Å²) < 4.78 is 0. The van der Waals surface area contributed by atoms with Crippen LogP contribution in [-0.2, 0) is 6.54 Å². The van der Waals surface area contributed by atoms with Crippen LogP contribution in [0.25, 0.3) is 0 Å². The zero-order valence-electron chi connectivity index (χ0n) is 14.1. The Morgan fingerprint density at radius 2 is 1.86 bits per heavy atom. The summed E-state index contributed by atoms with van der Waals surface area (Å²) in [5, 5.41) is 4.32. The number of halogens is 1. The van der Waals surface area contributed by atoms with E-state index in [1.54, 1.807) is 0 Å². The van der Waals surface area contributed by atoms with E-state index in [9.17, 15) is 0 Å². The zero-order valence-corrected chi connectivity index (χ0v) is 14.8. The third-order valence-corrected chi connectivity index (χ3v) is 4.37. The molecule has 0 saturated heterocycles. The van der Waals surface area contributed by atoms with Crippen LogP contribution in [0.2, 0.25) is 5.02 Å². The quantitative estimate of drug-likeness (QED) is 0.605. The van der Waals surface area contributed by atoms with Crippen LogP contribution in [0.15, 0.2) is 18.2 Å². The lowest BCUT2D eigenvalue weighted by atomic mass is 10.0. The Morgan fingerprint density at radius 3 is 2.43 bits per heavy atom. The maximum Gasteiger partial charge on any atom is 0.0412 e. The molecule has 2 nitrogen and oxygen atoms in total. The molecule has 0 aliphatic rings. The smallest absolute Gasteiger partial charge is 0.0412 e. The lowest BCUT2D eigenvalue weighted by molar-refractivity contribution is 0.485. The first kappa shape index (κ1) is 18.3. The Morgan fingerprint density at radius 1 is 1.14 bits per heavy atom. The largest absolute Gasteiger partial charge is 0.371 e. The Hall–Kier alpha value is -0.730. The standard InChI is InChI=1S/C18H31ClN2/c1-5-11-20-13-16-12-17(19)9-10-18(16)21(8-4)14-15(6-2)7-3/h9-10,12,15,20H,5-8,11,13-14H2,1-4H3. The number of nitrogens with zero attached hydrogens (tertiary/aromatic N) is 1. The normalized spacial score (nSPS) is 11.1. The highest BCUT2D eigenvalue weighted by Crippen LogP contribution is 2.26. The van der Waals surface area contributed by atoms with Crippen molar-refractivity contribution in [2.75, 3.05) is 24.5 Å². The Bertz CT molecular complexity index is 402. The second-order valence-corrected chi connectivity index (χ2v) is 6.11. The van der Waals surface area contributed by atoms with E-state index in [0.29, 0.717) is 0 Å². The molecule has 1 N–H and O–H groups in total. The zero-order chi connectivity index (χ0) is 15.7. The van der Waals surface area contributed by atoms with Crippen molar-refractivity contribution < 1.29 is 0 Å². The van der Waals surface area contributed by atoms with Gasteiger partial charge in [0.1, 0.15) is 0 Å². The fraction of sp³-hybridized carbons (Fsp3) is 0.667. The maximum atomic E-state index is 6.19. The van der Waals surface area contributed by atoms with Gasteiger partial charge in [0.25, 0.3) is 0 Å². The van der Waals surface area contributed by atoms with Crippen molar-refractivity contribution in [3.8, 4) is 0 Å². The average Bonchev–Trinajstić information content (AvgIpc) is 2.50. The molecule has 1 rings (SSSR count). The topological polar surface area (TPSA) is 15.3 Å². The summed E-state index contributed by atoms with van der Waals surface area (Å²) in [7, 11) is 0. The minimum Gasteiger partial charge on any atom is -0.371 e. The van der Waals surface area contributed by atoms with Crippen LogP contribution < -0.4 is 10.2 Å². The van der Waals surface area contributed by atoms with E-state index in [-0.39, 0.29) is 0 Å². The van der Waals surface area contributed by atoms with Gasteiger partial charge in [-0.25, -0.2) is 0 Å². The summed E-state index contributed by atoms with van der Waals surface area (Å²) in [5.41, 5.74) is 2.64. The molecule has 1 aromatic rings. The second kappa shape index (κ2) is 10.1. The molecule has 3 heteroatoms.